The van der Waals surface area contributed by atoms with Crippen LogP contribution >= 0.6 is 16.4 Å². The van der Waals surface area contributed by atoms with Gasteiger partial charge in [0.25, 0.3) is 0 Å². The Balaban J connectivity index is 0. The Bertz CT molecular complexity index is 128. The van der Waals surface area contributed by atoms with Gasteiger partial charge in [0.2, 0.25) is 0 Å². The Morgan fingerprint density at radius 2 is 1.85 bits per heavy atom. The van der Waals surface area contributed by atoms with Crippen LogP contribution in [0.25, 0.3) is 0 Å². The summed E-state index contributed by atoms with van der Waals surface area (Å²) in [7, 11) is -0.287. The Morgan fingerprint density at radius 1 is 1.38 bits per heavy atom. The van der Waals surface area contributed by atoms with Gasteiger partial charge in [0.05, 0.1) is 0 Å². The molecular formula is C7H20O4P2. The molecule has 0 aliphatic rings. The van der Waals surface area contributed by atoms with Crippen LogP contribution in [0.3, 0.4) is 0 Å². The Labute approximate surface area is 82.4 Å². The van der Waals surface area contributed by atoms with Gasteiger partial charge in [0, 0.05) is 14.2 Å². The molecule has 0 saturated heterocycles. The van der Waals surface area contributed by atoms with Crippen LogP contribution in [0.2, 0.25) is 0 Å². The lowest BCUT2D eigenvalue weighted by Gasteiger charge is -2.01. The fraction of sp³-hybridized carbons (Fsp3) is 1.00. The highest BCUT2D eigenvalue weighted by Crippen LogP contribution is 2.40. The summed E-state index contributed by atoms with van der Waals surface area (Å²) in [5, 5.41) is 0. The molecule has 0 bridgehead atoms. The molecule has 82 valence electrons. The van der Waals surface area contributed by atoms with Crippen LogP contribution in [0.15, 0.2) is 0 Å². The van der Waals surface area contributed by atoms with Gasteiger partial charge in [0.15, 0.2) is 0 Å². The zero-order valence-electron chi connectivity index (χ0n) is 8.74. The standard InChI is InChI=1S/C5H13P.C2H7O4P/c1-3-4-5-6-2;1-5-7(3,4)6-2/h6H,3-5H2,1-2H3;1-2H3,(H,3,4). The lowest BCUT2D eigenvalue weighted by Crippen LogP contribution is -1.83. The maximum Gasteiger partial charge on any atom is 0.471 e. The van der Waals surface area contributed by atoms with E-state index in [-0.39, 0.29) is 0 Å². The number of phosphoric acid groups is 1. The second kappa shape index (κ2) is 10.6. The van der Waals surface area contributed by atoms with Crippen LogP contribution in [0, 0.1) is 0 Å². The van der Waals surface area contributed by atoms with E-state index in [1.165, 1.54) is 19.0 Å². The molecule has 0 spiro atoms. The van der Waals surface area contributed by atoms with E-state index in [1.807, 2.05) is 0 Å². The van der Waals surface area contributed by atoms with Gasteiger partial charge in [-0.3, -0.25) is 9.05 Å². The fourth-order valence-electron chi connectivity index (χ4n) is 0.428. The average molecular weight is 230 g/mol. The third kappa shape index (κ3) is 15.3. The summed E-state index contributed by atoms with van der Waals surface area (Å²) in [6.07, 6.45) is 4.23. The number of phosphoric ester groups is 1. The van der Waals surface area contributed by atoms with Gasteiger partial charge in [-0.2, -0.15) is 0 Å². The summed E-state index contributed by atoms with van der Waals surface area (Å²) in [5.41, 5.74) is 0. The first-order valence-corrected chi connectivity index (χ1v) is 7.33. The molecule has 0 rings (SSSR count). The minimum Gasteiger partial charge on any atom is -0.303 e. The molecule has 0 radical (unpaired) electrons. The topological polar surface area (TPSA) is 55.8 Å². The van der Waals surface area contributed by atoms with E-state index in [4.69, 9.17) is 4.89 Å². The molecule has 4 nitrogen and oxygen atoms in total. The maximum atomic E-state index is 10.1. The zero-order chi connectivity index (χ0) is 10.7. The van der Waals surface area contributed by atoms with Crippen molar-refractivity contribution in [3.8, 4) is 0 Å². The highest BCUT2D eigenvalue weighted by Gasteiger charge is 2.13. The first-order valence-electron chi connectivity index (χ1n) is 4.12. The van der Waals surface area contributed by atoms with Crippen LogP contribution in [0.5, 0.6) is 0 Å². The van der Waals surface area contributed by atoms with E-state index >= 15 is 0 Å². The Hall–Kier alpha value is 0.540. The van der Waals surface area contributed by atoms with Gasteiger partial charge in [-0.1, -0.05) is 13.3 Å². The summed E-state index contributed by atoms with van der Waals surface area (Å²) in [5.74, 6) is 0. The van der Waals surface area contributed by atoms with Crippen LogP contribution < -0.4 is 0 Å². The first-order chi connectivity index (χ1) is 6.04. The average Bonchev–Trinajstić information content (AvgIpc) is 2.16. The number of rotatable bonds is 5. The molecule has 1 atom stereocenters. The molecule has 1 N–H and O–H groups in total. The van der Waals surface area contributed by atoms with Crippen molar-refractivity contribution in [3.05, 3.63) is 0 Å². The molecule has 0 aromatic heterocycles. The Morgan fingerprint density at radius 3 is 1.92 bits per heavy atom. The van der Waals surface area contributed by atoms with Gasteiger partial charge in [-0.15, -0.1) is 8.58 Å². The molecule has 1 unspecified atom stereocenters. The SMILES string of the molecule is CCCCPC.COP(=O)(O)OC. The first kappa shape index (κ1) is 16.0. The van der Waals surface area contributed by atoms with E-state index in [0.29, 0.717) is 0 Å². The van der Waals surface area contributed by atoms with E-state index in [1.54, 1.807) is 0 Å². The van der Waals surface area contributed by atoms with E-state index in [9.17, 15) is 4.57 Å². The summed E-state index contributed by atoms with van der Waals surface area (Å²) >= 11 is 0. The molecule has 0 heterocycles. The predicted octanol–water partition coefficient (Wildman–Crippen LogP) is 2.47. The highest BCUT2D eigenvalue weighted by molar-refractivity contribution is 7.47. The molecule has 13 heavy (non-hydrogen) atoms. The number of hydrogen-bond acceptors (Lipinski definition) is 3. The fourth-order valence-corrected chi connectivity index (χ4v) is 1.28. The minimum atomic E-state index is -3.65. The molecule has 0 saturated carbocycles. The van der Waals surface area contributed by atoms with Crippen molar-refractivity contribution in [2.45, 2.75) is 19.8 Å². The molecule has 0 fully saturated rings. The zero-order valence-corrected chi connectivity index (χ0v) is 10.6. The van der Waals surface area contributed by atoms with Crippen molar-refractivity contribution in [2.24, 2.45) is 0 Å². The second-order valence-electron chi connectivity index (χ2n) is 2.29. The molecule has 6 heteroatoms. The summed E-state index contributed by atoms with van der Waals surface area (Å²) in [6, 6.07) is 0. The van der Waals surface area contributed by atoms with Crippen molar-refractivity contribution in [1.82, 2.24) is 0 Å². The predicted molar refractivity (Wildman–Crippen MR) is 57.9 cm³/mol. The van der Waals surface area contributed by atoms with Gasteiger partial charge < -0.3 is 4.89 Å². The van der Waals surface area contributed by atoms with Crippen molar-refractivity contribution >= 4 is 16.4 Å². The smallest absolute Gasteiger partial charge is 0.303 e. The van der Waals surface area contributed by atoms with Crippen LogP contribution in [0.1, 0.15) is 19.8 Å². The number of hydrogen-bond donors (Lipinski definition) is 1. The van der Waals surface area contributed by atoms with Crippen molar-refractivity contribution in [3.63, 3.8) is 0 Å². The maximum absolute atomic E-state index is 10.1. The Kier molecular flexibility index (Phi) is 13.1. The monoisotopic (exact) mass is 230 g/mol. The van der Waals surface area contributed by atoms with Crippen molar-refractivity contribution in [2.75, 3.05) is 27.0 Å². The van der Waals surface area contributed by atoms with Crippen LogP contribution in [0.4, 0.5) is 0 Å². The van der Waals surface area contributed by atoms with E-state index in [0.717, 1.165) is 22.8 Å². The lowest BCUT2D eigenvalue weighted by atomic mass is 10.4. The lowest BCUT2D eigenvalue weighted by molar-refractivity contribution is 0.204. The summed E-state index contributed by atoms with van der Waals surface area (Å²) in [6.45, 7) is 4.50. The van der Waals surface area contributed by atoms with E-state index < -0.39 is 7.82 Å². The normalized spacial score (nSPS) is 11.5. The minimum absolute atomic E-state index is 1.10. The van der Waals surface area contributed by atoms with Crippen LogP contribution in [-0.4, -0.2) is 31.9 Å². The molecule has 0 aromatic rings. The molecule has 0 aliphatic carbocycles. The second-order valence-corrected chi connectivity index (χ2v) is 5.17. The van der Waals surface area contributed by atoms with Crippen molar-refractivity contribution < 1.29 is 18.5 Å². The molecule has 0 aliphatic heterocycles. The molecule has 0 aromatic carbocycles. The number of unbranched alkanes of at least 4 members (excludes halogenated alkanes) is 1. The van der Waals surface area contributed by atoms with E-state index in [2.05, 4.69) is 22.6 Å². The highest BCUT2D eigenvalue weighted by atomic mass is 31.2. The quantitative estimate of drug-likeness (QED) is 0.582. The van der Waals surface area contributed by atoms with Gasteiger partial charge >= 0.3 is 7.82 Å². The molecule has 0 amide bonds. The van der Waals surface area contributed by atoms with Gasteiger partial charge in [-0.05, 0) is 19.2 Å². The largest absolute Gasteiger partial charge is 0.471 e. The summed E-state index contributed by atoms with van der Waals surface area (Å²) in [4.78, 5) is 8.24. The molecular weight excluding hydrogens is 210 g/mol. The van der Waals surface area contributed by atoms with Crippen molar-refractivity contribution in [1.29, 1.82) is 0 Å². The third-order valence-corrected chi connectivity index (χ3v) is 3.02. The van der Waals surface area contributed by atoms with Crippen LogP contribution in [-0.2, 0) is 13.6 Å². The third-order valence-electron chi connectivity index (χ3n) is 1.24. The van der Waals surface area contributed by atoms with Gasteiger partial charge in [-0.25, -0.2) is 4.57 Å². The summed E-state index contributed by atoms with van der Waals surface area (Å²) < 4.78 is 18.0. The van der Waals surface area contributed by atoms with Gasteiger partial charge in [0.1, 0.15) is 0 Å².